The number of fused-ring (bicyclic) bond motifs is 2. The van der Waals surface area contributed by atoms with E-state index < -0.39 is 30.0 Å². The molecule has 4 unspecified atom stereocenters. The lowest BCUT2D eigenvalue weighted by atomic mass is 9.76. The third kappa shape index (κ3) is 6.04. The zero-order chi connectivity index (χ0) is 33.0. The topological polar surface area (TPSA) is 157 Å². The normalized spacial score (nSPS) is 37.9. The van der Waals surface area contributed by atoms with Crippen molar-refractivity contribution in [2.45, 2.75) is 139 Å². The molecule has 256 valence electrons. The number of ether oxygens (including phenoxy) is 1. The molecule has 6 rings (SSSR count). The summed E-state index contributed by atoms with van der Waals surface area (Å²) < 4.78 is 6.56. The fourth-order valence-electron chi connectivity index (χ4n) is 8.71. The average molecular weight is 640 g/mol. The highest BCUT2D eigenvalue weighted by Gasteiger charge is 2.59. The Labute approximate surface area is 275 Å². The Bertz CT molecular complexity index is 1270. The van der Waals surface area contributed by atoms with Gasteiger partial charge in [-0.1, -0.05) is 19.4 Å². The first-order valence-electron chi connectivity index (χ1n) is 17.4. The van der Waals surface area contributed by atoms with Gasteiger partial charge in [-0.15, -0.1) is 0 Å². The van der Waals surface area contributed by atoms with Crippen LogP contribution in [-0.2, 0) is 10.2 Å². The summed E-state index contributed by atoms with van der Waals surface area (Å²) in [6, 6.07) is 9.37. The molecule has 0 aromatic heterocycles. The number of aliphatic hydroxyl groups is 2. The largest absolute Gasteiger partial charge is 0.387 e. The Balaban J connectivity index is 1.02. The molecular weight excluding hydrogens is 582 g/mol. The summed E-state index contributed by atoms with van der Waals surface area (Å²) in [5, 5.41) is 46.4. The van der Waals surface area contributed by atoms with Crippen molar-refractivity contribution in [3.8, 4) is 6.07 Å². The molecule has 8 atom stereocenters. The van der Waals surface area contributed by atoms with Crippen LogP contribution >= 0.6 is 0 Å². The molecule has 1 aromatic carbocycles. The van der Waals surface area contributed by atoms with E-state index in [1.165, 1.54) is 0 Å². The lowest BCUT2D eigenvalue weighted by molar-refractivity contribution is -0.140. The number of nitriles is 1. The molecule has 0 amide bonds. The monoisotopic (exact) mass is 639 g/mol. The van der Waals surface area contributed by atoms with Crippen molar-refractivity contribution in [3.05, 3.63) is 23.8 Å². The van der Waals surface area contributed by atoms with E-state index in [-0.39, 0.29) is 24.0 Å². The minimum atomic E-state index is -0.996. The van der Waals surface area contributed by atoms with E-state index in [0.29, 0.717) is 37.9 Å². The van der Waals surface area contributed by atoms with Crippen LogP contribution < -0.4 is 27.0 Å². The highest BCUT2D eigenvalue weighted by atomic mass is 16.6. The highest BCUT2D eigenvalue weighted by molar-refractivity contribution is 5.75. The summed E-state index contributed by atoms with van der Waals surface area (Å²) in [6.07, 6.45) is 3.19. The van der Waals surface area contributed by atoms with Crippen molar-refractivity contribution in [1.29, 1.82) is 5.26 Å². The Morgan fingerprint density at radius 3 is 2.59 bits per heavy atom. The smallest absolute Gasteiger partial charge is 0.142 e. The lowest BCUT2D eigenvalue weighted by Crippen LogP contribution is -2.76. The van der Waals surface area contributed by atoms with Crippen LogP contribution in [0, 0.1) is 17.2 Å². The molecule has 0 spiro atoms. The van der Waals surface area contributed by atoms with Crippen molar-refractivity contribution < 1.29 is 14.9 Å². The molecular formula is C34H57N9O3. The van der Waals surface area contributed by atoms with E-state index in [0.717, 1.165) is 55.5 Å². The number of benzene rings is 1. The first kappa shape index (κ1) is 33.8. The summed E-state index contributed by atoms with van der Waals surface area (Å²) in [7, 11) is 2.07. The number of likely N-dealkylation sites (N-methyl/N-ethyl adjacent to an activating group) is 1. The van der Waals surface area contributed by atoms with Gasteiger partial charge in [-0.2, -0.15) is 5.26 Å². The first-order valence-corrected chi connectivity index (χ1v) is 17.4. The number of rotatable bonds is 11. The van der Waals surface area contributed by atoms with E-state index in [9.17, 15) is 15.5 Å². The maximum Gasteiger partial charge on any atom is 0.142 e. The van der Waals surface area contributed by atoms with Crippen LogP contribution in [0.3, 0.4) is 0 Å². The van der Waals surface area contributed by atoms with Gasteiger partial charge in [0.25, 0.3) is 0 Å². The van der Waals surface area contributed by atoms with Gasteiger partial charge < -0.3 is 31.3 Å². The maximum absolute atomic E-state index is 11.3. The average Bonchev–Trinajstić information content (AvgIpc) is 3.68. The fourth-order valence-corrected chi connectivity index (χ4v) is 8.71. The molecule has 8 N–H and O–H groups in total. The van der Waals surface area contributed by atoms with Gasteiger partial charge in [-0.3, -0.25) is 20.4 Å². The van der Waals surface area contributed by atoms with Crippen molar-refractivity contribution in [3.63, 3.8) is 0 Å². The molecule has 1 saturated carbocycles. The lowest BCUT2D eigenvalue weighted by Gasteiger charge is -2.51. The van der Waals surface area contributed by atoms with Crippen LogP contribution in [0.4, 0.5) is 11.4 Å². The molecule has 5 aliphatic rings. The van der Waals surface area contributed by atoms with Gasteiger partial charge in [0.1, 0.15) is 24.5 Å². The van der Waals surface area contributed by atoms with Gasteiger partial charge in [-0.25, -0.2) is 4.90 Å². The van der Waals surface area contributed by atoms with Crippen LogP contribution in [0.2, 0.25) is 0 Å². The number of nitrogens with one attached hydrogen (secondary N) is 4. The molecule has 4 fully saturated rings. The van der Waals surface area contributed by atoms with Crippen LogP contribution in [0.25, 0.3) is 0 Å². The van der Waals surface area contributed by atoms with Crippen molar-refractivity contribution in [2.75, 3.05) is 37.6 Å². The van der Waals surface area contributed by atoms with Crippen molar-refractivity contribution in [2.24, 2.45) is 11.7 Å². The van der Waals surface area contributed by atoms with E-state index in [1.807, 2.05) is 19.9 Å². The molecule has 12 heteroatoms. The second kappa shape index (κ2) is 13.1. The molecule has 1 aromatic rings. The highest BCUT2D eigenvalue weighted by Crippen LogP contribution is 2.41. The number of aliphatic hydroxyl groups excluding tert-OH is 2. The van der Waals surface area contributed by atoms with Gasteiger partial charge in [0, 0.05) is 18.6 Å². The van der Waals surface area contributed by atoms with Crippen LogP contribution in [-0.4, -0.2) is 113 Å². The van der Waals surface area contributed by atoms with E-state index in [1.54, 1.807) is 0 Å². The number of hydrogen-bond acceptors (Lipinski definition) is 12. The minimum absolute atomic E-state index is 0.0500. The summed E-state index contributed by atoms with van der Waals surface area (Å²) in [5.41, 5.74) is 8.95. The standard InChI is InChI=1S/C34H57N9O3/c1-7-12-34-31(36)37-18-41(6)32(34)43(19-38-34)30-29(45)28(44)26(46-30)16-42(20(2)3)23-13-21(14-23)8-11-27-39-24-10-9-22(15-25(24)40-27)33(4,5)17-35/h9-10,15,20-21,23,26-32,37-40,44-45H,7-8,11-14,16,18-19,36H2,1-6H3/t21?,23?,26-,27?,28-,29-,30-,31?,32?,34?/m1/s1. The molecule has 46 heavy (non-hydrogen) atoms. The molecule has 1 aliphatic carbocycles. The summed E-state index contributed by atoms with van der Waals surface area (Å²) in [6.45, 7) is 12.3. The summed E-state index contributed by atoms with van der Waals surface area (Å²) >= 11 is 0. The number of nitrogens with two attached hydrogens (primary N) is 1. The van der Waals surface area contributed by atoms with Crippen LogP contribution in [0.15, 0.2) is 18.2 Å². The second-order valence-corrected chi connectivity index (χ2v) is 15.4. The Kier molecular flexibility index (Phi) is 9.64. The van der Waals surface area contributed by atoms with Crippen LogP contribution in [0.5, 0.6) is 0 Å². The van der Waals surface area contributed by atoms with Crippen molar-refractivity contribution >= 4 is 11.4 Å². The van der Waals surface area contributed by atoms with Gasteiger partial charge >= 0.3 is 0 Å². The number of anilines is 2. The molecule has 4 heterocycles. The van der Waals surface area contributed by atoms with E-state index in [2.05, 4.69) is 82.0 Å². The molecule has 0 radical (unpaired) electrons. The number of hydrogen-bond donors (Lipinski definition) is 7. The number of nitrogens with zero attached hydrogens (tertiary/aromatic N) is 4. The van der Waals surface area contributed by atoms with Gasteiger partial charge in [0.2, 0.25) is 0 Å². The molecule has 0 bridgehead atoms. The summed E-state index contributed by atoms with van der Waals surface area (Å²) in [4.78, 5) is 6.86. The predicted molar refractivity (Wildman–Crippen MR) is 179 cm³/mol. The van der Waals surface area contributed by atoms with Gasteiger partial charge in [0.05, 0.1) is 60.2 Å². The molecule has 3 saturated heterocycles. The predicted octanol–water partition coefficient (Wildman–Crippen LogP) is 1.87. The second-order valence-electron chi connectivity index (χ2n) is 15.4. The third-order valence-electron chi connectivity index (χ3n) is 11.5. The maximum atomic E-state index is 11.3. The molecule has 12 nitrogen and oxygen atoms in total. The van der Waals surface area contributed by atoms with Gasteiger partial charge in [0.15, 0.2) is 0 Å². The Morgan fingerprint density at radius 2 is 1.89 bits per heavy atom. The molecule has 4 aliphatic heterocycles. The quantitative estimate of drug-likeness (QED) is 0.189. The van der Waals surface area contributed by atoms with E-state index >= 15 is 0 Å². The van der Waals surface area contributed by atoms with Crippen molar-refractivity contribution in [1.82, 2.24) is 25.3 Å². The zero-order valence-electron chi connectivity index (χ0n) is 28.5. The minimum Gasteiger partial charge on any atom is -0.387 e. The zero-order valence-corrected chi connectivity index (χ0v) is 28.5. The summed E-state index contributed by atoms with van der Waals surface area (Å²) in [5.74, 6) is 0.654. The van der Waals surface area contributed by atoms with Gasteiger partial charge in [-0.05, 0) is 90.5 Å². The Hall–Kier alpha value is -2.05. The first-order chi connectivity index (χ1) is 21.9. The van der Waals surface area contributed by atoms with E-state index in [4.69, 9.17) is 10.5 Å². The third-order valence-corrected chi connectivity index (χ3v) is 11.5. The SMILES string of the molecule is CCCC12NCN([C@@H]3O[C@H](CN(C(C)C)C4CC(CCC5Nc6ccc(C(C)(C)C#N)cc6N5)C4)[C@@H](O)[C@H]3O)C1N(C)CNC2N. The van der Waals surface area contributed by atoms with Crippen LogP contribution in [0.1, 0.15) is 78.7 Å². The fraction of sp³-hybridized carbons (Fsp3) is 0.794. The Morgan fingerprint density at radius 1 is 1.15 bits per heavy atom.